The van der Waals surface area contributed by atoms with Gasteiger partial charge in [0.2, 0.25) is 0 Å². The molecule has 1 aliphatic rings. The summed E-state index contributed by atoms with van der Waals surface area (Å²) in [4.78, 5) is 12.3. The Kier molecular flexibility index (Phi) is 4.11. The minimum Gasteiger partial charge on any atom is -0.395 e. The molecular weight excluding hydrogens is 266 g/mol. The second kappa shape index (κ2) is 5.80. The van der Waals surface area contributed by atoms with Gasteiger partial charge in [-0.1, -0.05) is 0 Å². The number of hydrogen-bond donors (Lipinski definition) is 3. The van der Waals surface area contributed by atoms with Gasteiger partial charge in [0.25, 0.3) is 0 Å². The normalized spacial score (nSPS) is 11.8. The quantitative estimate of drug-likeness (QED) is 0.516. The van der Waals surface area contributed by atoms with E-state index in [0.717, 1.165) is 0 Å². The molecule has 108 valence electrons. The highest BCUT2D eigenvalue weighted by Crippen LogP contribution is 2.52. The van der Waals surface area contributed by atoms with E-state index in [-0.39, 0.29) is 37.7 Å². The largest absolute Gasteiger partial charge is 0.395 e. The number of azo groups is 1. The number of rotatable bonds is 7. The van der Waals surface area contributed by atoms with Crippen LogP contribution in [0.25, 0.3) is 0 Å². The van der Waals surface area contributed by atoms with E-state index in [0.29, 0.717) is 17.1 Å². The van der Waals surface area contributed by atoms with Crippen molar-refractivity contribution in [2.75, 3.05) is 43.6 Å². The van der Waals surface area contributed by atoms with Crippen molar-refractivity contribution in [3.05, 3.63) is 16.2 Å². The first-order chi connectivity index (χ1) is 9.63. The molecule has 2 bridgehead atoms. The Balaban J connectivity index is 2.57. The number of nitrogens with one attached hydrogen (secondary N) is 1. The molecule has 1 heterocycles. The Morgan fingerprint density at radius 2 is 2.00 bits per heavy atom. The highest BCUT2D eigenvalue weighted by molar-refractivity contribution is 5.94. The molecule has 1 aromatic carbocycles. The van der Waals surface area contributed by atoms with Crippen LogP contribution in [-0.2, 0) is 0 Å². The van der Waals surface area contributed by atoms with Gasteiger partial charge in [-0.3, -0.25) is 10.1 Å². The zero-order chi connectivity index (χ0) is 14.7. The van der Waals surface area contributed by atoms with E-state index in [2.05, 4.69) is 15.5 Å². The molecule has 9 nitrogen and oxygen atoms in total. The summed E-state index contributed by atoms with van der Waals surface area (Å²) in [6.45, 7) is 0.00608. The number of anilines is 2. The van der Waals surface area contributed by atoms with Gasteiger partial charge in [0, 0.05) is 20.1 Å². The Hall–Kier alpha value is -2.26. The second-order valence-corrected chi connectivity index (χ2v) is 4.13. The first-order valence-corrected chi connectivity index (χ1v) is 6.05. The summed E-state index contributed by atoms with van der Waals surface area (Å²) in [5.41, 5.74) is 1.30. The molecular formula is C11H15N5O4. The van der Waals surface area contributed by atoms with Crippen LogP contribution in [0.4, 0.5) is 28.4 Å². The zero-order valence-corrected chi connectivity index (χ0v) is 10.9. The summed E-state index contributed by atoms with van der Waals surface area (Å²) < 4.78 is 0. The third-order valence-corrected chi connectivity index (χ3v) is 3.00. The van der Waals surface area contributed by atoms with Gasteiger partial charge in [0.15, 0.2) is 5.69 Å². The molecule has 2 rings (SSSR count). The van der Waals surface area contributed by atoms with Crippen LogP contribution in [0.1, 0.15) is 0 Å². The summed E-state index contributed by atoms with van der Waals surface area (Å²) in [5.74, 6) is 0. The van der Waals surface area contributed by atoms with E-state index in [1.165, 1.54) is 6.07 Å². The minimum absolute atomic E-state index is 0.172. The monoisotopic (exact) mass is 281 g/mol. The summed E-state index contributed by atoms with van der Waals surface area (Å²) >= 11 is 0. The highest BCUT2D eigenvalue weighted by atomic mass is 16.6. The zero-order valence-electron chi connectivity index (χ0n) is 10.9. The van der Waals surface area contributed by atoms with Crippen LogP contribution < -0.4 is 10.2 Å². The lowest BCUT2D eigenvalue weighted by molar-refractivity contribution is -0.383. The lowest BCUT2D eigenvalue weighted by Crippen LogP contribution is -2.30. The number of fused-ring (bicyclic) bond motifs is 2. The van der Waals surface area contributed by atoms with Gasteiger partial charge < -0.3 is 20.4 Å². The summed E-state index contributed by atoms with van der Waals surface area (Å²) in [6, 6.07) is 1.54. The SMILES string of the molecule is CNc1c2cc(N(CCO)CCO)c([N+](=O)[O-])c1N=N2. The maximum absolute atomic E-state index is 11.3. The second-order valence-electron chi connectivity index (χ2n) is 4.13. The topological polar surface area (TPSA) is 124 Å². The molecule has 3 N–H and O–H groups in total. The average Bonchev–Trinajstić information content (AvgIpc) is 2.70. The standard InChI is InChI=1S/C11H15N5O4/c1-12-9-7-6-8(15(2-4-17)3-5-18)11(16(19)20)10(9)14-13-7/h6,12,17-18H,2-5H2,1H3. The molecule has 0 atom stereocenters. The van der Waals surface area contributed by atoms with Crippen LogP contribution >= 0.6 is 0 Å². The maximum Gasteiger partial charge on any atom is 0.322 e. The molecule has 0 fully saturated rings. The van der Waals surface area contributed by atoms with E-state index >= 15 is 0 Å². The molecule has 0 unspecified atom stereocenters. The van der Waals surface area contributed by atoms with Crippen LogP contribution in [-0.4, -0.2) is 48.5 Å². The van der Waals surface area contributed by atoms with Crippen molar-refractivity contribution in [3.63, 3.8) is 0 Å². The van der Waals surface area contributed by atoms with Gasteiger partial charge >= 0.3 is 5.69 Å². The van der Waals surface area contributed by atoms with Crippen molar-refractivity contribution in [2.45, 2.75) is 0 Å². The predicted molar refractivity (Wildman–Crippen MR) is 73.2 cm³/mol. The van der Waals surface area contributed by atoms with Crippen molar-refractivity contribution in [3.8, 4) is 0 Å². The molecule has 0 aromatic heterocycles. The van der Waals surface area contributed by atoms with E-state index < -0.39 is 4.92 Å². The lowest BCUT2D eigenvalue weighted by atomic mass is 10.1. The predicted octanol–water partition coefficient (Wildman–Crippen LogP) is 1.16. The molecule has 1 aliphatic heterocycles. The van der Waals surface area contributed by atoms with Crippen LogP contribution in [0.15, 0.2) is 16.3 Å². The Morgan fingerprint density at radius 3 is 2.50 bits per heavy atom. The number of hydrogen-bond acceptors (Lipinski definition) is 8. The van der Waals surface area contributed by atoms with Crippen LogP contribution in [0.2, 0.25) is 0 Å². The fourth-order valence-corrected chi connectivity index (χ4v) is 2.17. The van der Waals surface area contributed by atoms with Gasteiger partial charge in [-0.05, 0) is 6.07 Å². The highest BCUT2D eigenvalue weighted by Gasteiger charge is 2.32. The van der Waals surface area contributed by atoms with Gasteiger partial charge in [0.05, 0.1) is 23.8 Å². The van der Waals surface area contributed by atoms with Gasteiger partial charge in [-0.2, -0.15) is 0 Å². The number of nitrogens with zero attached hydrogens (tertiary/aromatic N) is 4. The number of aliphatic hydroxyl groups excluding tert-OH is 2. The molecule has 0 amide bonds. The average molecular weight is 281 g/mol. The third-order valence-electron chi connectivity index (χ3n) is 3.00. The molecule has 0 saturated carbocycles. The van der Waals surface area contributed by atoms with E-state index in [1.807, 2.05) is 0 Å². The van der Waals surface area contributed by atoms with Crippen molar-refractivity contribution in [1.29, 1.82) is 0 Å². The summed E-state index contributed by atoms with van der Waals surface area (Å²) in [5, 5.41) is 40.0. The van der Waals surface area contributed by atoms with Crippen molar-refractivity contribution in [1.82, 2.24) is 0 Å². The van der Waals surface area contributed by atoms with E-state index in [1.54, 1.807) is 11.9 Å². The minimum atomic E-state index is -0.526. The molecule has 0 radical (unpaired) electrons. The summed E-state index contributed by atoms with van der Waals surface area (Å²) in [6.07, 6.45) is 0. The van der Waals surface area contributed by atoms with Crippen LogP contribution in [0, 0.1) is 10.1 Å². The van der Waals surface area contributed by atoms with Crippen molar-refractivity contribution in [2.24, 2.45) is 10.2 Å². The van der Waals surface area contributed by atoms with Gasteiger partial charge in [0.1, 0.15) is 11.4 Å². The molecule has 9 heteroatoms. The lowest BCUT2D eigenvalue weighted by Gasteiger charge is -2.23. The fourth-order valence-electron chi connectivity index (χ4n) is 2.17. The molecule has 0 aliphatic carbocycles. The Morgan fingerprint density at radius 1 is 1.35 bits per heavy atom. The van der Waals surface area contributed by atoms with E-state index in [9.17, 15) is 10.1 Å². The number of benzene rings is 1. The molecule has 20 heavy (non-hydrogen) atoms. The van der Waals surface area contributed by atoms with Crippen LogP contribution in [0.5, 0.6) is 0 Å². The number of nitro benzene ring substituents is 1. The maximum atomic E-state index is 11.3. The van der Waals surface area contributed by atoms with Crippen molar-refractivity contribution >= 4 is 28.4 Å². The number of nitro groups is 1. The van der Waals surface area contributed by atoms with Gasteiger partial charge in [-0.25, -0.2) is 0 Å². The molecule has 1 aromatic rings. The van der Waals surface area contributed by atoms with E-state index in [4.69, 9.17) is 10.2 Å². The number of aliphatic hydroxyl groups is 2. The van der Waals surface area contributed by atoms with Crippen LogP contribution in [0.3, 0.4) is 0 Å². The molecule has 0 saturated heterocycles. The summed E-state index contributed by atoms with van der Waals surface area (Å²) in [7, 11) is 1.64. The Bertz CT molecular complexity index is 554. The van der Waals surface area contributed by atoms with Crippen molar-refractivity contribution < 1.29 is 15.1 Å². The first kappa shape index (κ1) is 14.2. The third kappa shape index (κ3) is 2.28. The smallest absolute Gasteiger partial charge is 0.322 e. The fraction of sp³-hybridized carbons (Fsp3) is 0.455. The Labute approximate surface area is 114 Å². The van der Waals surface area contributed by atoms with Gasteiger partial charge in [-0.15, -0.1) is 10.2 Å². The molecule has 0 spiro atoms. The first-order valence-electron chi connectivity index (χ1n) is 6.05.